The van der Waals surface area contributed by atoms with Crippen LogP contribution in [0.1, 0.15) is 16.8 Å². The number of hydrogen-bond acceptors (Lipinski definition) is 3. The average Bonchev–Trinajstić information content (AvgIpc) is 2.84. The maximum atomic E-state index is 11.9. The molecule has 1 fully saturated rings. The number of nitrogens with one attached hydrogen (secondary N) is 1. The molecule has 18 heavy (non-hydrogen) atoms. The van der Waals surface area contributed by atoms with Gasteiger partial charge in [0.2, 0.25) is 0 Å². The van der Waals surface area contributed by atoms with Crippen LogP contribution in [0.2, 0.25) is 5.02 Å². The topological polar surface area (TPSA) is 32.3 Å². The number of nitrogens with zero attached hydrogens (tertiary/aromatic N) is 1. The van der Waals surface area contributed by atoms with Crippen molar-refractivity contribution >= 4 is 35.0 Å². The lowest BCUT2D eigenvalue weighted by Gasteiger charge is -2.16. The Morgan fingerprint density at radius 1 is 1.50 bits per heavy atom. The monoisotopic (exact) mass is 284 g/mol. The fourth-order valence-corrected chi connectivity index (χ4v) is 3.22. The number of carbonyl (C=O) groups is 1. The standard InChI is InChI=1S/C13H17ClN2OS/c1-16(2)13(17)9-3-4-11(14)12(7-9)15-10-5-6-18-8-10/h3-4,7,10,15H,5-6,8H2,1-2H3. The number of amides is 1. The van der Waals surface area contributed by atoms with Gasteiger partial charge in [-0.1, -0.05) is 11.6 Å². The molecule has 1 unspecified atom stereocenters. The molecule has 0 radical (unpaired) electrons. The normalized spacial score (nSPS) is 18.7. The second kappa shape index (κ2) is 5.85. The first-order chi connectivity index (χ1) is 8.58. The van der Waals surface area contributed by atoms with E-state index in [0.29, 0.717) is 16.6 Å². The van der Waals surface area contributed by atoms with E-state index in [4.69, 9.17) is 11.6 Å². The summed E-state index contributed by atoms with van der Waals surface area (Å²) >= 11 is 8.11. The van der Waals surface area contributed by atoms with Gasteiger partial charge in [0.25, 0.3) is 5.91 Å². The number of halogens is 1. The van der Waals surface area contributed by atoms with E-state index in [9.17, 15) is 4.79 Å². The molecule has 1 N–H and O–H groups in total. The van der Waals surface area contributed by atoms with Crippen molar-refractivity contribution in [3.63, 3.8) is 0 Å². The molecule has 0 spiro atoms. The first-order valence-corrected chi connectivity index (χ1v) is 7.46. The van der Waals surface area contributed by atoms with Crippen molar-refractivity contribution in [3.05, 3.63) is 28.8 Å². The van der Waals surface area contributed by atoms with Gasteiger partial charge in [0.15, 0.2) is 0 Å². The molecule has 1 aromatic carbocycles. The Morgan fingerprint density at radius 2 is 2.28 bits per heavy atom. The lowest BCUT2D eigenvalue weighted by Crippen LogP contribution is -2.22. The first kappa shape index (κ1) is 13.6. The molecule has 0 saturated carbocycles. The van der Waals surface area contributed by atoms with Crippen molar-refractivity contribution in [1.82, 2.24) is 4.90 Å². The predicted octanol–water partition coefficient (Wildman–Crippen LogP) is 2.96. The Morgan fingerprint density at radius 3 is 2.89 bits per heavy atom. The van der Waals surface area contributed by atoms with Gasteiger partial charge in [0.05, 0.1) is 10.7 Å². The minimum Gasteiger partial charge on any atom is -0.380 e. The van der Waals surface area contributed by atoms with Crippen LogP contribution in [0.4, 0.5) is 5.69 Å². The summed E-state index contributed by atoms with van der Waals surface area (Å²) in [5, 5.41) is 4.09. The fourth-order valence-electron chi connectivity index (χ4n) is 1.90. The van der Waals surface area contributed by atoms with Gasteiger partial charge in [-0.3, -0.25) is 4.79 Å². The molecule has 1 aliphatic heterocycles. The maximum Gasteiger partial charge on any atom is 0.253 e. The van der Waals surface area contributed by atoms with Gasteiger partial charge in [-0.2, -0.15) is 11.8 Å². The van der Waals surface area contributed by atoms with Gasteiger partial charge in [-0.25, -0.2) is 0 Å². The van der Waals surface area contributed by atoms with E-state index in [0.717, 1.165) is 17.9 Å². The van der Waals surface area contributed by atoms with Crippen LogP contribution in [0.15, 0.2) is 18.2 Å². The van der Waals surface area contributed by atoms with E-state index in [2.05, 4.69) is 5.32 Å². The van der Waals surface area contributed by atoms with Crippen molar-refractivity contribution in [2.24, 2.45) is 0 Å². The number of carbonyl (C=O) groups excluding carboxylic acids is 1. The van der Waals surface area contributed by atoms with Crippen LogP contribution in [0.3, 0.4) is 0 Å². The Bertz CT molecular complexity index is 445. The number of benzene rings is 1. The van der Waals surface area contributed by atoms with Crippen LogP contribution >= 0.6 is 23.4 Å². The summed E-state index contributed by atoms with van der Waals surface area (Å²) in [4.78, 5) is 13.5. The molecule has 0 aromatic heterocycles. The summed E-state index contributed by atoms with van der Waals surface area (Å²) in [5.74, 6) is 2.28. The number of anilines is 1. The third-order valence-corrected chi connectivity index (χ3v) is 4.40. The smallest absolute Gasteiger partial charge is 0.253 e. The number of hydrogen-bond donors (Lipinski definition) is 1. The zero-order chi connectivity index (χ0) is 13.1. The van der Waals surface area contributed by atoms with E-state index in [-0.39, 0.29) is 5.91 Å². The molecular formula is C13H17ClN2OS. The second-order valence-electron chi connectivity index (χ2n) is 4.60. The van der Waals surface area contributed by atoms with Gasteiger partial charge >= 0.3 is 0 Å². The van der Waals surface area contributed by atoms with E-state index in [1.54, 1.807) is 31.1 Å². The molecule has 1 saturated heterocycles. The number of thioether (sulfide) groups is 1. The lowest BCUT2D eigenvalue weighted by atomic mass is 10.1. The first-order valence-electron chi connectivity index (χ1n) is 5.93. The molecule has 0 bridgehead atoms. The third-order valence-electron chi connectivity index (χ3n) is 2.91. The molecule has 1 amide bonds. The average molecular weight is 285 g/mol. The Balaban J connectivity index is 2.18. The minimum atomic E-state index is -0.00415. The van der Waals surface area contributed by atoms with Gasteiger partial charge in [-0.05, 0) is 30.4 Å². The van der Waals surface area contributed by atoms with Gasteiger partial charge in [0, 0.05) is 31.5 Å². The van der Waals surface area contributed by atoms with Crippen LogP contribution in [0.25, 0.3) is 0 Å². The van der Waals surface area contributed by atoms with Gasteiger partial charge in [0.1, 0.15) is 0 Å². The maximum absolute atomic E-state index is 11.9. The molecule has 1 aliphatic rings. The summed E-state index contributed by atoms with van der Waals surface area (Å²) in [7, 11) is 3.50. The number of rotatable bonds is 3. The quantitative estimate of drug-likeness (QED) is 0.926. The van der Waals surface area contributed by atoms with E-state index in [1.165, 1.54) is 5.75 Å². The van der Waals surface area contributed by atoms with Crippen LogP contribution in [0.5, 0.6) is 0 Å². The van der Waals surface area contributed by atoms with E-state index >= 15 is 0 Å². The highest BCUT2D eigenvalue weighted by Crippen LogP contribution is 2.27. The van der Waals surface area contributed by atoms with Crippen molar-refractivity contribution in [2.75, 3.05) is 30.9 Å². The Kier molecular flexibility index (Phi) is 4.40. The summed E-state index contributed by atoms with van der Waals surface area (Å²) in [6.07, 6.45) is 1.15. The van der Waals surface area contributed by atoms with Crippen LogP contribution < -0.4 is 5.32 Å². The van der Waals surface area contributed by atoms with E-state index in [1.807, 2.05) is 17.8 Å². The molecule has 2 rings (SSSR count). The highest BCUT2D eigenvalue weighted by molar-refractivity contribution is 7.99. The SMILES string of the molecule is CN(C)C(=O)c1ccc(Cl)c(NC2CCSC2)c1. The molecule has 0 aliphatic carbocycles. The zero-order valence-electron chi connectivity index (χ0n) is 10.6. The van der Waals surface area contributed by atoms with Crippen LogP contribution in [-0.2, 0) is 0 Å². The molecule has 5 heteroatoms. The molecule has 98 valence electrons. The van der Waals surface area contributed by atoms with Crippen molar-refractivity contribution in [3.8, 4) is 0 Å². The largest absolute Gasteiger partial charge is 0.380 e. The van der Waals surface area contributed by atoms with Gasteiger partial charge < -0.3 is 10.2 Å². The van der Waals surface area contributed by atoms with Crippen LogP contribution in [0, 0.1) is 0 Å². The molecule has 1 heterocycles. The van der Waals surface area contributed by atoms with E-state index < -0.39 is 0 Å². The fraction of sp³-hybridized carbons (Fsp3) is 0.462. The van der Waals surface area contributed by atoms with Crippen molar-refractivity contribution in [1.29, 1.82) is 0 Å². The Labute approximate surface area is 117 Å². The summed E-state index contributed by atoms with van der Waals surface area (Å²) in [5.41, 5.74) is 1.52. The molecular weight excluding hydrogens is 268 g/mol. The van der Waals surface area contributed by atoms with Crippen molar-refractivity contribution < 1.29 is 4.79 Å². The zero-order valence-corrected chi connectivity index (χ0v) is 12.1. The molecule has 3 nitrogen and oxygen atoms in total. The predicted molar refractivity (Wildman–Crippen MR) is 78.8 cm³/mol. The Hall–Kier alpha value is -0.870. The summed E-state index contributed by atoms with van der Waals surface area (Å²) in [6, 6.07) is 5.84. The summed E-state index contributed by atoms with van der Waals surface area (Å²) in [6.45, 7) is 0. The van der Waals surface area contributed by atoms with Crippen molar-refractivity contribution in [2.45, 2.75) is 12.5 Å². The summed E-state index contributed by atoms with van der Waals surface area (Å²) < 4.78 is 0. The molecule has 1 aromatic rings. The van der Waals surface area contributed by atoms with Gasteiger partial charge in [-0.15, -0.1) is 0 Å². The second-order valence-corrected chi connectivity index (χ2v) is 6.16. The lowest BCUT2D eigenvalue weighted by molar-refractivity contribution is 0.0827. The minimum absolute atomic E-state index is 0.00415. The van der Waals surface area contributed by atoms with Crippen LogP contribution in [-0.4, -0.2) is 42.4 Å². The highest BCUT2D eigenvalue weighted by atomic mass is 35.5. The third kappa shape index (κ3) is 3.12. The highest BCUT2D eigenvalue weighted by Gasteiger charge is 2.17. The molecule has 1 atom stereocenters.